The van der Waals surface area contributed by atoms with Crippen LogP contribution >= 0.6 is 0 Å². The Morgan fingerprint density at radius 2 is 0.615 bits per heavy atom. The van der Waals surface area contributed by atoms with Crippen molar-refractivity contribution in [3.63, 3.8) is 0 Å². The third-order valence-electron chi connectivity index (χ3n) is 1.12. The molecule has 0 bridgehead atoms. The predicted molar refractivity (Wildman–Crippen MR) is 33.7 cm³/mol. The number of hydrogen-bond acceptors (Lipinski definition) is 6. The minimum atomic E-state index is -6.46. The fourth-order valence-corrected chi connectivity index (χ4v) is 1.48. The van der Waals surface area contributed by atoms with Crippen LogP contribution in [0, 0.1) is 59.6 Å². The molecule has 0 unspecified atom stereocenters. The molecule has 0 aliphatic rings. The van der Waals surface area contributed by atoms with Gasteiger partial charge in [-0.15, -0.1) is 0 Å². The van der Waals surface area contributed by atoms with Crippen molar-refractivity contribution in [3.05, 3.63) is 0 Å². The quantitative estimate of drug-likeness (QED) is 0.564. The predicted octanol–water partition coefficient (Wildman–Crippen LogP) is 0.0982. The van der Waals surface area contributed by atoms with Gasteiger partial charge < -0.3 is 0 Å². The average molecular weight is 259 g/mol. The van der Waals surface area contributed by atoms with E-state index in [-0.39, 0.29) is 0 Å². The van der Waals surface area contributed by atoms with Gasteiger partial charge in [0.1, 0.15) is 0 Å². The molecule has 6 nitrogen and oxygen atoms in total. The van der Waals surface area contributed by atoms with Crippen LogP contribution in [0.4, 0.5) is 0 Å². The Morgan fingerprint density at radius 3 is 0.615 bits per heavy atom. The van der Waals surface area contributed by atoms with E-state index < -0.39 is 12.4 Å². The van der Waals surface area contributed by atoms with E-state index in [1.165, 1.54) is 0 Å². The van der Waals surface area contributed by atoms with Crippen molar-refractivity contribution in [1.82, 2.24) is 0 Å². The molecule has 0 aliphatic heterocycles. The maximum absolute atomic E-state index is 8.59. The first kappa shape index (κ1) is 10.6. The van der Waals surface area contributed by atoms with E-state index in [9.17, 15) is 0 Å². The van der Waals surface area contributed by atoms with Gasteiger partial charge in [0, 0.05) is 0 Å². The third-order valence-corrected chi connectivity index (χ3v) is 6.61. The van der Waals surface area contributed by atoms with Crippen molar-refractivity contribution in [2.45, 2.75) is 0 Å². The molecule has 0 heterocycles. The Bertz CT molecular complexity index is 387. The van der Waals surface area contributed by atoms with Crippen molar-refractivity contribution in [3.8, 4) is 28.0 Å². The van der Waals surface area contributed by atoms with Gasteiger partial charge in [0.15, 0.2) is 0 Å². The van der Waals surface area contributed by atoms with Gasteiger partial charge in [-0.3, -0.25) is 0 Å². The van der Waals surface area contributed by atoms with Crippen LogP contribution in [0.15, 0.2) is 0 Å². The van der Waals surface area contributed by atoms with Crippen molar-refractivity contribution < 1.29 is 12.4 Å². The minimum absolute atomic E-state index is 1.05. The summed E-state index contributed by atoms with van der Waals surface area (Å²) in [4.78, 5) is 0. The Balaban J connectivity index is 6.92. The Morgan fingerprint density at radius 1 is 0.462 bits per heavy atom. The van der Waals surface area contributed by atoms with E-state index >= 15 is 0 Å². The molecule has 0 aromatic carbocycles. The van der Waals surface area contributed by atoms with E-state index in [0.717, 1.165) is 28.0 Å². The second-order valence-corrected chi connectivity index (χ2v) is 10.0. The molecule has 0 amide bonds. The van der Waals surface area contributed by atoms with Crippen LogP contribution in [0.3, 0.4) is 0 Å². The first-order valence-corrected chi connectivity index (χ1v) is 7.26. The van der Waals surface area contributed by atoms with Gasteiger partial charge in [0.25, 0.3) is 0 Å². The maximum atomic E-state index is 8.59. The van der Waals surface area contributed by atoms with Gasteiger partial charge in [-0.2, -0.15) is 0 Å². The molecule has 0 saturated heterocycles. The molecule has 0 N–H and O–H groups in total. The molecule has 7 heteroatoms. The summed E-state index contributed by atoms with van der Waals surface area (Å²) >= 11 is -6.46. The molecule has 0 aliphatic carbocycles. The number of nitriles is 6. The Hall–Kier alpha value is -2.44. The van der Waals surface area contributed by atoms with Crippen LogP contribution in [0.2, 0.25) is 0 Å². The molecular weight excluding hydrogens is 259 g/mol. The Labute approximate surface area is 72.3 Å². The van der Waals surface area contributed by atoms with Gasteiger partial charge in [0.2, 0.25) is 0 Å². The Kier molecular flexibility index (Phi) is 1.65. The van der Waals surface area contributed by atoms with Crippen LogP contribution < -0.4 is 0 Å². The summed E-state index contributed by atoms with van der Waals surface area (Å²) in [6.45, 7) is 0. The van der Waals surface area contributed by atoms with E-state index in [2.05, 4.69) is 0 Å². The topological polar surface area (TPSA) is 143 Å². The van der Waals surface area contributed by atoms with Crippen molar-refractivity contribution in [1.29, 1.82) is 31.6 Å². The molecule has 63 valence electrons. The van der Waals surface area contributed by atoms with E-state index in [4.69, 9.17) is 31.6 Å². The molecule has 0 aromatic rings. The summed E-state index contributed by atoms with van der Waals surface area (Å²) in [7, 11) is 0. The zero-order chi connectivity index (χ0) is 10.7. The molecule has 0 saturated carbocycles. The third kappa shape index (κ3) is 0.720. The molecular formula is C6N6Rh. The fourth-order valence-electron chi connectivity index (χ4n) is 0.250. The van der Waals surface area contributed by atoms with Gasteiger partial charge in [-0.1, -0.05) is 0 Å². The summed E-state index contributed by atoms with van der Waals surface area (Å²) in [5.41, 5.74) is 0. The monoisotopic (exact) mass is 259 g/mol. The summed E-state index contributed by atoms with van der Waals surface area (Å²) < 4.78 is 6.33. The van der Waals surface area contributed by atoms with Crippen LogP contribution in [0.25, 0.3) is 0 Å². The first-order valence-electron chi connectivity index (χ1n) is 2.34. The van der Waals surface area contributed by atoms with Crippen LogP contribution in [-0.2, 0) is 12.4 Å². The zero-order valence-corrected chi connectivity index (χ0v) is 7.66. The van der Waals surface area contributed by atoms with Crippen LogP contribution in [0.1, 0.15) is 0 Å². The summed E-state index contributed by atoms with van der Waals surface area (Å²) in [6, 6.07) is 0. The summed E-state index contributed by atoms with van der Waals surface area (Å²) in [6.07, 6.45) is 0. The standard InChI is InChI=1S/6CN.Rh/c6*1-2;. The second-order valence-electron chi connectivity index (χ2n) is 1.70. The van der Waals surface area contributed by atoms with E-state index in [1.54, 1.807) is 0 Å². The fraction of sp³-hybridized carbons (Fsp3) is 0. The van der Waals surface area contributed by atoms with Gasteiger partial charge in [0.05, 0.1) is 0 Å². The average Bonchev–Trinajstić information content (AvgIpc) is 2.26. The van der Waals surface area contributed by atoms with Crippen LogP contribution in [-0.4, -0.2) is 0 Å². The van der Waals surface area contributed by atoms with Crippen molar-refractivity contribution in [2.24, 2.45) is 0 Å². The van der Waals surface area contributed by atoms with E-state index in [0.29, 0.717) is 0 Å². The SMILES string of the molecule is N#[C][Rh]([C]#N)([C]#N)([C]#N)([C]#N)[C]#N. The molecule has 0 atom stereocenters. The molecule has 13 heavy (non-hydrogen) atoms. The molecule has 0 radical (unpaired) electrons. The van der Waals surface area contributed by atoms with Gasteiger partial charge >= 0.3 is 72.0 Å². The summed E-state index contributed by atoms with van der Waals surface area (Å²) in [5, 5.41) is 51.5. The number of rotatable bonds is 0. The van der Waals surface area contributed by atoms with E-state index in [1.807, 2.05) is 0 Å². The molecule has 0 fully saturated rings. The second kappa shape index (κ2) is 2.04. The number of nitrogens with zero attached hydrogens (tertiary/aromatic N) is 6. The molecule has 0 rings (SSSR count). The normalized spacial score (nSPS) is 13.4. The van der Waals surface area contributed by atoms with Gasteiger partial charge in [-0.05, 0) is 0 Å². The van der Waals surface area contributed by atoms with Gasteiger partial charge in [-0.25, -0.2) is 0 Å². The van der Waals surface area contributed by atoms with Crippen LogP contribution in [0.5, 0.6) is 0 Å². The van der Waals surface area contributed by atoms with Crippen molar-refractivity contribution >= 4 is 0 Å². The summed E-state index contributed by atoms with van der Waals surface area (Å²) in [5.74, 6) is 0. The molecule has 0 aromatic heterocycles. The first-order chi connectivity index (χ1) is 5.97. The molecule has 0 spiro atoms. The van der Waals surface area contributed by atoms with Crippen molar-refractivity contribution in [2.75, 3.05) is 0 Å². The number of hydrogen-bond donors (Lipinski definition) is 0. The zero-order valence-electron chi connectivity index (χ0n) is 6.02.